The maximum atomic E-state index is 6.01. The molecule has 0 heterocycles. The molecule has 0 bridgehead atoms. The molecule has 12 heavy (non-hydrogen) atoms. The standard InChI is InChI=1S/C9H11ClN2/c1-7-4-3-5-8(9(7)10)6-12-11-2/h3-6,11H,1-2H3/b12-6+. The molecule has 0 radical (unpaired) electrons. The minimum Gasteiger partial charge on any atom is -0.313 e. The lowest BCUT2D eigenvalue weighted by molar-refractivity contribution is 0.908. The van der Waals surface area contributed by atoms with Gasteiger partial charge in [0, 0.05) is 12.6 Å². The summed E-state index contributed by atoms with van der Waals surface area (Å²) in [5.41, 5.74) is 4.68. The molecular weight excluding hydrogens is 172 g/mol. The van der Waals surface area contributed by atoms with E-state index < -0.39 is 0 Å². The van der Waals surface area contributed by atoms with Crippen molar-refractivity contribution in [2.75, 3.05) is 7.05 Å². The summed E-state index contributed by atoms with van der Waals surface area (Å²) in [4.78, 5) is 0. The molecule has 3 heteroatoms. The van der Waals surface area contributed by atoms with Crippen LogP contribution in [-0.2, 0) is 0 Å². The van der Waals surface area contributed by atoms with Crippen molar-refractivity contribution in [2.24, 2.45) is 5.10 Å². The van der Waals surface area contributed by atoms with Crippen LogP contribution >= 0.6 is 11.6 Å². The van der Waals surface area contributed by atoms with Crippen molar-refractivity contribution in [3.05, 3.63) is 34.3 Å². The quantitative estimate of drug-likeness (QED) is 0.551. The number of hydrogen-bond acceptors (Lipinski definition) is 2. The van der Waals surface area contributed by atoms with E-state index in [2.05, 4.69) is 10.5 Å². The first-order valence-corrected chi connectivity index (χ1v) is 4.08. The molecule has 1 aromatic rings. The highest BCUT2D eigenvalue weighted by molar-refractivity contribution is 6.33. The first-order chi connectivity index (χ1) is 5.75. The molecule has 0 atom stereocenters. The Morgan fingerprint density at radius 1 is 1.50 bits per heavy atom. The van der Waals surface area contributed by atoms with Gasteiger partial charge in [0.2, 0.25) is 0 Å². The van der Waals surface area contributed by atoms with Crippen LogP contribution in [0, 0.1) is 6.92 Å². The first kappa shape index (κ1) is 9.07. The van der Waals surface area contributed by atoms with Crippen molar-refractivity contribution in [2.45, 2.75) is 6.92 Å². The Morgan fingerprint density at radius 2 is 2.25 bits per heavy atom. The SMILES string of the molecule is CN/N=C/c1cccc(C)c1Cl. The van der Waals surface area contributed by atoms with Crippen LogP contribution in [0.3, 0.4) is 0 Å². The molecule has 1 aromatic carbocycles. The summed E-state index contributed by atoms with van der Waals surface area (Å²) in [6, 6.07) is 5.85. The minimum atomic E-state index is 0.761. The predicted molar refractivity (Wildman–Crippen MR) is 52.8 cm³/mol. The second-order valence-corrected chi connectivity index (χ2v) is 2.84. The van der Waals surface area contributed by atoms with Crippen molar-refractivity contribution in [3.63, 3.8) is 0 Å². The lowest BCUT2D eigenvalue weighted by Crippen LogP contribution is -1.95. The molecular formula is C9H11ClN2. The highest BCUT2D eigenvalue weighted by atomic mass is 35.5. The molecule has 2 nitrogen and oxygen atoms in total. The lowest BCUT2D eigenvalue weighted by atomic mass is 10.1. The summed E-state index contributed by atoms with van der Waals surface area (Å²) in [5, 5.41) is 4.65. The fourth-order valence-electron chi connectivity index (χ4n) is 0.904. The number of aryl methyl sites for hydroxylation is 1. The molecule has 0 unspecified atom stereocenters. The van der Waals surface area contributed by atoms with Gasteiger partial charge < -0.3 is 5.43 Å². The molecule has 1 rings (SSSR count). The van der Waals surface area contributed by atoms with E-state index in [-0.39, 0.29) is 0 Å². The highest BCUT2D eigenvalue weighted by Crippen LogP contribution is 2.18. The number of rotatable bonds is 2. The van der Waals surface area contributed by atoms with Gasteiger partial charge in [-0.1, -0.05) is 29.8 Å². The molecule has 0 aliphatic rings. The van der Waals surface area contributed by atoms with E-state index in [1.165, 1.54) is 0 Å². The molecule has 0 fully saturated rings. The number of benzene rings is 1. The third-order valence-corrected chi connectivity index (χ3v) is 2.07. The number of nitrogens with zero attached hydrogens (tertiary/aromatic N) is 1. The maximum Gasteiger partial charge on any atom is 0.0555 e. The van der Waals surface area contributed by atoms with Crippen LogP contribution in [0.2, 0.25) is 5.02 Å². The topological polar surface area (TPSA) is 24.4 Å². The molecule has 0 amide bonds. The van der Waals surface area contributed by atoms with Gasteiger partial charge in [-0.2, -0.15) is 5.10 Å². The van der Waals surface area contributed by atoms with Crippen LogP contribution in [-0.4, -0.2) is 13.3 Å². The zero-order valence-corrected chi connectivity index (χ0v) is 7.89. The van der Waals surface area contributed by atoms with Gasteiger partial charge in [-0.15, -0.1) is 0 Å². The van der Waals surface area contributed by atoms with Gasteiger partial charge in [0.1, 0.15) is 0 Å². The van der Waals surface area contributed by atoms with Crippen LogP contribution in [0.1, 0.15) is 11.1 Å². The molecule has 1 N–H and O–H groups in total. The molecule has 0 aliphatic carbocycles. The Labute approximate surface area is 77.2 Å². The third kappa shape index (κ3) is 1.98. The van der Waals surface area contributed by atoms with E-state index in [0.29, 0.717) is 0 Å². The van der Waals surface area contributed by atoms with Crippen LogP contribution in [0.5, 0.6) is 0 Å². The van der Waals surface area contributed by atoms with Gasteiger partial charge in [-0.25, -0.2) is 0 Å². The van der Waals surface area contributed by atoms with Gasteiger partial charge in [0.15, 0.2) is 0 Å². The molecule has 0 saturated carbocycles. The van der Waals surface area contributed by atoms with E-state index in [9.17, 15) is 0 Å². The molecule has 0 spiro atoms. The van der Waals surface area contributed by atoms with Crippen molar-refractivity contribution >= 4 is 17.8 Å². The smallest absolute Gasteiger partial charge is 0.0555 e. The highest BCUT2D eigenvalue weighted by Gasteiger charge is 1.98. The van der Waals surface area contributed by atoms with E-state index in [4.69, 9.17) is 11.6 Å². The van der Waals surface area contributed by atoms with Crippen molar-refractivity contribution in [1.29, 1.82) is 0 Å². The largest absolute Gasteiger partial charge is 0.313 e. The van der Waals surface area contributed by atoms with E-state index in [0.717, 1.165) is 16.1 Å². The molecule has 0 aliphatic heterocycles. The van der Waals surface area contributed by atoms with E-state index in [1.807, 2.05) is 25.1 Å². The predicted octanol–water partition coefficient (Wildman–Crippen LogP) is 2.20. The molecule has 0 aromatic heterocycles. The summed E-state index contributed by atoms with van der Waals surface area (Å²) >= 11 is 6.01. The zero-order chi connectivity index (χ0) is 8.97. The number of nitrogens with one attached hydrogen (secondary N) is 1. The van der Waals surface area contributed by atoms with Gasteiger partial charge >= 0.3 is 0 Å². The third-order valence-electron chi connectivity index (χ3n) is 1.55. The second-order valence-electron chi connectivity index (χ2n) is 2.46. The van der Waals surface area contributed by atoms with Gasteiger partial charge in [0.05, 0.1) is 11.2 Å². The van der Waals surface area contributed by atoms with Crippen molar-refractivity contribution in [3.8, 4) is 0 Å². The summed E-state index contributed by atoms with van der Waals surface area (Å²) in [5.74, 6) is 0. The molecule has 0 saturated heterocycles. The fraction of sp³-hybridized carbons (Fsp3) is 0.222. The van der Waals surface area contributed by atoms with E-state index in [1.54, 1.807) is 13.3 Å². The molecule has 64 valence electrons. The Balaban J connectivity index is 3.00. The normalized spacial score (nSPS) is 10.6. The zero-order valence-electron chi connectivity index (χ0n) is 7.13. The lowest BCUT2D eigenvalue weighted by Gasteiger charge is -2.00. The second kappa shape index (κ2) is 4.12. The first-order valence-electron chi connectivity index (χ1n) is 3.70. The maximum absolute atomic E-state index is 6.01. The number of hydrogen-bond donors (Lipinski definition) is 1. The Hall–Kier alpha value is -1.02. The van der Waals surface area contributed by atoms with Crippen LogP contribution in [0.25, 0.3) is 0 Å². The average molecular weight is 183 g/mol. The fourth-order valence-corrected chi connectivity index (χ4v) is 1.08. The summed E-state index contributed by atoms with van der Waals surface area (Å²) < 4.78 is 0. The summed E-state index contributed by atoms with van der Waals surface area (Å²) in [6.07, 6.45) is 1.70. The Bertz CT molecular complexity index is 295. The van der Waals surface area contributed by atoms with Crippen molar-refractivity contribution in [1.82, 2.24) is 5.43 Å². The van der Waals surface area contributed by atoms with Crippen LogP contribution in [0.15, 0.2) is 23.3 Å². The summed E-state index contributed by atoms with van der Waals surface area (Å²) in [6.45, 7) is 1.97. The van der Waals surface area contributed by atoms with Gasteiger partial charge in [0.25, 0.3) is 0 Å². The Morgan fingerprint density at radius 3 is 2.92 bits per heavy atom. The van der Waals surface area contributed by atoms with E-state index >= 15 is 0 Å². The van der Waals surface area contributed by atoms with Gasteiger partial charge in [-0.3, -0.25) is 0 Å². The number of halogens is 1. The van der Waals surface area contributed by atoms with Gasteiger partial charge in [-0.05, 0) is 12.5 Å². The average Bonchev–Trinajstić information content (AvgIpc) is 2.08. The Kier molecular flexibility index (Phi) is 3.11. The minimum absolute atomic E-state index is 0.761. The van der Waals surface area contributed by atoms with Crippen molar-refractivity contribution < 1.29 is 0 Å². The summed E-state index contributed by atoms with van der Waals surface area (Å²) in [7, 11) is 1.75. The van der Waals surface area contributed by atoms with Crippen LogP contribution < -0.4 is 5.43 Å². The van der Waals surface area contributed by atoms with Crippen LogP contribution in [0.4, 0.5) is 0 Å². The number of hydrazone groups is 1. The monoisotopic (exact) mass is 182 g/mol.